The number of benzene rings is 4. The van der Waals surface area contributed by atoms with Gasteiger partial charge in [0.1, 0.15) is 5.75 Å². The molecule has 2 N–H and O–H groups in total. The van der Waals surface area contributed by atoms with Gasteiger partial charge in [0, 0.05) is 25.6 Å². The number of aryl methyl sites for hydroxylation is 1. The first kappa shape index (κ1) is 32.6. The Labute approximate surface area is 258 Å². The van der Waals surface area contributed by atoms with Gasteiger partial charge in [0.25, 0.3) is 0 Å². The topological polar surface area (TPSA) is 38.5 Å². The van der Waals surface area contributed by atoms with Crippen LogP contribution in [0.1, 0.15) is 59.4 Å². The fourth-order valence-electron chi connectivity index (χ4n) is 5.35. The predicted octanol–water partition coefficient (Wildman–Crippen LogP) is 9.13. The van der Waals surface area contributed by atoms with E-state index in [2.05, 4.69) is 41.3 Å². The van der Waals surface area contributed by atoms with Gasteiger partial charge in [-0.25, -0.2) is 0 Å². The van der Waals surface area contributed by atoms with Gasteiger partial charge < -0.3 is 10.5 Å². The highest BCUT2D eigenvalue weighted by Crippen LogP contribution is 2.37. The molecule has 0 saturated heterocycles. The van der Waals surface area contributed by atoms with Gasteiger partial charge in [0.2, 0.25) is 0 Å². The maximum Gasteiger partial charge on any atom is 0.417 e. The minimum atomic E-state index is -4.51. The van der Waals surface area contributed by atoms with Gasteiger partial charge in [0.15, 0.2) is 0 Å². The molecule has 43 heavy (non-hydrogen) atoms. The summed E-state index contributed by atoms with van der Waals surface area (Å²) in [5.41, 5.74) is 8.79. The maximum atomic E-state index is 13.6. The van der Waals surface area contributed by atoms with Crippen molar-refractivity contribution in [2.75, 3.05) is 26.2 Å². The SMILES string of the molecule is NCCCCCc1cccc(OCCCN(Cc2cccc(C(F)(F)F)c2Cl)CC(c2ccccc2)c2ccccc2)c1. The Morgan fingerprint density at radius 3 is 2.09 bits per heavy atom. The lowest BCUT2D eigenvalue weighted by Gasteiger charge is -2.29. The van der Waals surface area contributed by atoms with Crippen molar-refractivity contribution in [2.45, 2.75) is 50.7 Å². The third-order valence-electron chi connectivity index (χ3n) is 7.58. The van der Waals surface area contributed by atoms with E-state index in [0.717, 1.165) is 55.2 Å². The second-order valence-corrected chi connectivity index (χ2v) is 11.2. The summed E-state index contributed by atoms with van der Waals surface area (Å²) in [5, 5.41) is -0.240. The Balaban J connectivity index is 1.49. The summed E-state index contributed by atoms with van der Waals surface area (Å²) in [6, 6.07) is 32.7. The van der Waals surface area contributed by atoms with E-state index in [-0.39, 0.29) is 17.5 Å². The fourth-order valence-corrected chi connectivity index (χ4v) is 5.64. The summed E-state index contributed by atoms with van der Waals surface area (Å²) in [4.78, 5) is 2.18. The van der Waals surface area contributed by atoms with Gasteiger partial charge in [-0.05, 0) is 72.7 Å². The molecular weight excluding hydrogens is 569 g/mol. The molecule has 3 nitrogen and oxygen atoms in total. The number of nitrogens with two attached hydrogens (primary N) is 1. The van der Waals surface area contributed by atoms with Crippen LogP contribution in [0.3, 0.4) is 0 Å². The summed E-state index contributed by atoms with van der Waals surface area (Å²) < 4.78 is 47.0. The van der Waals surface area contributed by atoms with Crippen molar-refractivity contribution in [3.05, 3.63) is 136 Å². The summed E-state index contributed by atoms with van der Waals surface area (Å²) in [7, 11) is 0. The first-order valence-corrected chi connectivity index (χ1v) is 15.3. The quantitative estimate of drug-likeness (QED) is 0.129. The van der Waals surface area contributed by atoms with Gasteiger partial charge in [-0.2, -0.15) is 13.2 Å². The van der Waals surface area contributed by atoms with Crippen molar-refractivity contribution in [2.24, 2.45) is 5.73 Å². The van der Waals surface area contributed by atoms with E-state index in [0.29, 0.717) is 31.7 Å². The molecule has 4 aromatic carbocycles. The molecule has 0 unspecified atom stereocenters. The van der Waals surface area contributed by atoms with Crippen LogP contribution in [-0.4, -0.2) is 31.1 Å². The number of unbranched alkanes of at least 4 members (excludes halogenated alkanes) is 2. The molecular formula is C36H40ClF3N2O. The highest BCUT2D eigenvalue weighted by molar-refractivity contribution is 6.32. The van der Waals surface area contributed by atoms with Crippen molar-refractivity contribution in [3.63, 3.8) is 0 Å². The highest BCUT2D eigenvalue weighted by atomic mass is 35.5. The largest absolute Gasteiger partial charge is 0.494 e. The molecule has 4 aromatic rings. The smallest absolute Gasteiger partial charge is 0.417 e. The van der Waals surface area contributed by atoms with E-state index in [1.54, 1.807) is 6.07 Å². The van der Waals surface area contributed by atoms with Crippen molar-refractivity contribution < 1.29 is 17.9 Å². The normalized spacial score (nSPS) is 11.8. The van der Waals surface area contributed by atoms with Crippen LogP contribution in [0.4, 0.5) is 13.2 Å². The van der Waals surface area contributed by atoms with E-state index in [1.807, 2.05) is 48.5 Å². The monoisotopic (exact) mass is 608 g/mol. The maximum absolute atomic E-state index is 13.6. The van der Waals surface area contributed by atoms with Crippen LogP contribution >= 0.6 is 11.6 Å². The molecule has 0 aromatic heterocycles. The molecule has 4 rings (SSSR count). The summed E-state index contributed by atoms with van der Waals surface area (Å²) in [6.07, 6.45) is 0.420. The number of halogens is 4. The molecule has 0 radical (unpaired) electrons. The molecule has 0 bridgehead atoms. The van der Waals surface area contributed by atoms with Gasteiger partial charge in [-0.15, -0.1) is 0 Å². The molecule has 0 heterocycles. The van der Waals surface area contributed by atoms with E-state index in [4.69, 9.17) is 22.1 Å². The Morgan fingerprint density at radius 1 is 0.767 bits per heavy atom. The van der Waals surface area contributed by atoms with Crippen LogP contribution in [0, 0.1) is 0 Å². The van der Waals surface area contributed by atoms with E-state index >= 15 is 0 Å². The van der Waals surface area contributed by atoms with Crippen molar-refractivity contribution in [1.29, 1.82) is 0 Å². The lowest BCUT2D eigenvalue weighted by Crippen LogP contribution is -2.31. The number of nitrogens with zero attached hydrogens (tertiary/aromatic N) is 1. The third kappa shape index (κ3) is 10.1. The average molecular weight is 609 g/mol. The standard InChI is InChI=1S/C36H40ClF3N2O/c37-35-31(19-11-21-34(35)36(38,39)40)26-42(27-33(29-15-5-1-6-16-29)30-17-7-2-8-18-30)23-12-24-43-32-20-10-14-28(25-32)13-4-3-9-22-41/h1-2,5-8,10-11,14-21,25,33H,3-4,9,12-13,22-24,26-27,41H2. The first-order valence-electron chi connectivity index (χ1n) is 14.9. The minimum Gasteiger partial charge on any atom is -0.494 e. The zero-order chi connectivity index (χ0) is 30.5. The second kappa shape index (κ2) is 16.5. The summed E-state index contributed by atoms with van der Waals surface area (Å²) in [5.74, 6) is 0.860. The van der Waals surface area contributed by atoms with Gasteiger partial charge in [0.05, 0.1) is 17.2 Å². The predicted molar refractivity (Wildman–Crippen MR) is 170 cm³/mol. The minimum absolute atomic E-state index is 0.0313. The van der Waals surface area contributed by atoms with Crippen molar-refractivity contribution in [3.8, 4) is 5.75 Å². The average Bonchev–Trinajstić information content (AvgIpc) is 3.01. The number of hydrogen-bond donors (Lipinski definition) is 1. The second-order valence-electron chi connectivity index (χ2n) is 10.8. The number of hydrogen-bond acceptors (Lipinski definition) is 3. The van der Waals surface area contributed by atoms with E-state index in [9.17, 15) is 13.2 Å². The zero-order valence-corrected chi connectivity index (χ0v) is 25.2. The van der Waals surface area contributed by atoms with Crippen molar-refractivity contribution >= 4 is 11.6 Å². The molecule has 0 spiro atoms. The molecule has 0 aliphatic carbocycles. The molecule has 0 amide bonds. The molecule has 0 aliphatic rings. The highest BCUT2D eigenvalue weighted by Gasteiger charge is 2.34. The van der Waals surface area contributed by atoms with Crippen LogP contribution in [-0.2, 0) is 19.1 Å². The number of rotatable bonds is 16. The third-order valence-corrected chi connectivity index (χ3v) is 8.02. The van der Waals surface area contributed by atoms with E-state index < -0.39 is 11.7 Å². The van der Waals surface area contributed by atoms with Crippen LogP contribution < -0.4 is 10.5 Å². The number of alkyl halides is 3. The molecule has 0 aliphatic heterocycles. The number of ether oxygens (including phenoxy) is 1. The van der Waals surface area contributed by atoms with Crippen molar-refractivity contribution in [1.82, 2.24) is 4.90 Å². The molecule has 0 atom stereocenters. The van der Waals surface area contributed by atoms with Crippen LogP contribution in [0.2, 0.25) is 5.02 Å². The molecule has 7 heteroatoms. The first-order chi connectivity index (χ1) is 20.8. The van der Waals surface area contributed by atoms with Crippen LogP contribution in [0.25, 0.3) is 0 Å². The lowest BCUT2D eigenvalue weighted by molar-refractivity contribution is -0.137. The Kier molecular flexibility index (Phi) is 12.5. The Morgan fingerprint density at radius 2 is 1.44 bits per heavy atom. The summed E-state index contributed by atoms with van der Waals surface area (Å²) in [6.45, 7) is 2.74. The van der Waals surface area contributed by atoms with Gasteiger partial charge >= 0.3 is 6.18 Å². The van der Waals surface area contributed by atoms with Crippen LogP contribution in [0.5, 0.6) is 5.75 Å². The fraction of sp³-hybridized carbons (Fsp3) is 0.333. The molecule has 228 valence electrons. The van der Waals surface area contributed by atoms with Gasteiger partial charge in [-0.3, -0.25) is 4.90 Å². The molecule has 0 saturated carbocycles. The molecule has 0 fully saturated rings. The lowest BCUT2D eigenvalue weighted by atomic mass is 9.90. The van der Waals surface area contributed by atoms with Crippen LogP contribution in [0.15, 0.2) is 103 Å². The summed E-state index contributed by atoms with van der Waals surface area (Å²) >= 11 is 6.34. The zero-order valence-electron chi connectivity index (χ0n) is 24.4. The Bertz CT molecular complexity index is 1340. The van der Waals surface area contributed by atoms with Gasteiger partial charge in [-0.1, -0.05) is 103 Å². The Hall–Kier alpha value is -3.32. The van der Waals surface area contributed by atoms with E-state index in [1.165, 1.54) is 11.6 Å².